The zero-order chi connectivity index (χ0) is 15.7. The summed E-state index contributed by atoms with van der Waals surface area (Å²) in [5.74, 6) is -0.842. The first-order valence-electron chi connectivity index (χ1n) is 7.38. The maximum Gasteiger partial charge on any atom is 0.325 e. The molecule has 0 unspecified atom stereocenters. The van der Waals surface area contributed by atoms with Gasteiger partial charge in [-0.2, -0.15) is 5.26 Å². The molecule has 0 aromatic heterocycles. The number of carbonyl (C=O) groups is 2. The van der Waals surface area contributed by atoms with Gasteiger partial charge in [0.05, 0.1) is 18.2 Å². The highest BCUT2D eigenvalue weighted by molar-refractivity contribution is 6.07. The molecule has 3 rings (SSSR count). The summed E-state index contributed by atoms with van der Waals surface area (Å²) in [5.41, 5.74) is -0.351. The van der Waals surface area contributed by atoms with E-state index in [0.717, 1.165) is 30.2 Å². The molecule has 0 bridgehead atoms. The van der Waals surface area contributed by atoms with Gasteiger partial charge < -0.3 is 5.32 Å². The maximum atomic E-state index is 14.0. The Labute approximate surface area is 127 Å². The van der Waals surface area contributed by atoms with Crippen LogP contribution < -0.4 is 5.32 Å². The summed E-state index contributed by atoms with van der Waals surface area (Å²) >= 11 is 0. The molecule has 1 N–H and O–H groups in total. The first-order valence-corrected chi connectivity index (χ1v) is 7.38. The second-order valence-electron chi connectivity index (χ2n) is 5.88. The minimum Gasteiger partial charge on any atom is -0.323 e. The second-order valence-corrected chi connectivity index (χ2v) is 5.88. The summed E-state index contributed by atoms with van der Waals surface area (Å²) in [7, 11) is 0. The van der Waals surface area contributed by atoms with Crippen LogP contribution in [-0.2, 0) is 11.3 Å². The Kier molecular flexibility index (Phi) is 3.57. The van der Waals surface area contributed by atoms with Gasteiger partial charge >= 0.3 is 6.03 Å². The van der Waals surface area contributed by atoms with Crippen LogP contribution in [-0.4, -0.2) is 22.4 Å². The summed E-state index contributed by atoms with van der Waals surface area (Å²) in [4.78, 5) is 25.8. The fourth-order valence-electron chi connectivity index (χ4n) is 3.23. The molecular formula is C16H16FN3O2. The van der Waals surface area contributed by atoms with Gasteiger partial charge in [0.15, 0.2) is 0 Å². The lowest BCUT2D eigenvalue weighted by Crippen LogP contribution is -2.48. The van der Waals surface area contributed by atoms with Gasteiger partial charge in [-0.05, 0) is 25.0 Å². The Bertz CT molecular complexity index is 674. The molecule has 1 aromatic carbocycles. The zero-order valence-corrected chi connectivity index (χ0v) is 12.1. The summed E-state index contributed by atoms with van der Waals surface area (Å²) in [6.45, 7) is -0.107. The highest BCUT2D eigenvalue weighted by Gasteiger charge is 2.51. The molecule has 5 nitrogen and oxygen atoms in total. The molecule has 22 heavy (non-hydrogen) atoms. The Morgan fingerprint density at radius 1 is 1.27 bits per heavy atom. The molecule has 1 aliphatic carbocycles. The highest BCUT2D eigenvalue weighted by Crippen LogP contribution is 2.34. The van der Waals surface area contributed by atoms with E-state index in [1.54, 1.807) is 0 Å². The van der Waals surface area contributed by atoms with E-state index < -0.39 is 17.4 Å². The number of amides is 3. The molecule has 1 aromatic rings. The maximum absolute atomic E-state index is 14.0. The number of benzene rings is 1. The van der Waals surface area contributed by atoms with Crippen LogP contribution in [0.5, 0.6) is 0 Å². The Morgan fingerprint density at radius 3 is 2.64 bits per heavy atom. The quantitative estimate of drug-likeness (QED) is 0.853. The van der Waals surface area contributed by atoms with Crippen molar-refractivity contribution in [1.82, 2.24) is 10.2 Å². The van der Waals surface area contributed by atoms with Crippen LogP contribution in [0.3, 0.4) is 0 Å². The predicted molar refractivity (Wildman–Crippen MR) is 76.0 cm³/mol. The van der Waals surface area contributed by atoms with Crippen LogP contribution in [0.1, 0.15) is 43.2 Å². The summed E-state index contributed by atoms with van der Waals surface area (Å²) < 4.78 is 14.0. The first-order chi connectivity index (χ1) is 10.6. The SMILES string of the molecule is N#Cc1ccc(CN2C(=O)NC3(CCCCC3)C2=O)c(F)c1. The largest absolute Gasteiger partial charge is 0.325 e. The monoisotopic (exact) mass is 301 g/mol. The van der Waals surface area contributed by atoms with Crippen molar-refractivity contribution < 1.29 is 14.0 Å². The van der Waals surface area contributed by atoms with Crippen LogP contribution in [0.15, 0.2) is 18.2 Å². The molecule has 114 valence electrons. The smallest absolute Gasteiger partial charge is 0.323 e. The van der Waals surface area contributed by atoms with Crippen molar-refractivity contribution in [1.29, 1.82) is 5.26 Å². The van der Waals surface area contributed by atoms with Gasteiger partial charge in [0.1, 0.15) is 11.4 Å². The van der Waals surface area contributed by atoms with Crippen molar-refractivity contribution in [3.05, 3.63) is 35.1 Å². The normalized spacial score (nSPS) is 20.1. The minimum atomic E-state index is -0.793. The fraction of sp³-hybridized carbons (Fsp3) is 0.438. The van der Waals surface area contributed by atoms with E-state index in [-0.39, 0.29) is 23.6 Å². The van der Waals surface area contributed by atoms with Crippen LogP contribution in [0.25, 0.3) is 0 Å². The van der Waals surface area contributed by atoms with E-state index in [0.29, 0.717) is 12.8 Å². The number of carbonyl (C=O) groups excluding carboxylic acids is 2. The summed E-state index contributed by atoms with van der Waals surface area (Å²) in [5, 5.41) is 11.5. The standard InChI is InChI=1S/C16H16FN3O2/c17-13-8-11(9-18)4-5-12(13)10-20-14(21)16(19-15(20)22)6-2-1-3-7-16/h4-5,8H,1-3,6-7,10H2,(H,19,22). The lowest BCUT2D eigenvalue weighted by atomic mass is 9.82. The molecule has 1 aliphatic heterocycles. The molecule has 1 heterocycles. The summed E-state index contributed by atoms with van der Waals surface area (Å²) in [6.07, 6.45) is 4.17. The molecule has 6 heteroatoms. The summed E-state index contributed by atoms with van der Waals surface area (Å²) in [6, 6.07) is 5.43. The number of hydrogen-bond acceptors (Lipinski definition) is 3. The Hall–Kier alpha value is -2.42. The van der Waals surface area contributed by atoms with Crippen molar-refractivity contribution in [2.75, 3.05) is 0 Å². The lowest BCUT2D eigenvalue weighted by Gasteiger charge is -2.30. The van der Waals surface area contributed by atoms with Crippen LogP contribution in [0.4, 0.5) is 9.18 Å². The lowest BCUT2D eigenvalue weighted by molar-refractivity contribution is -0.132. The molecule has 1 saturated carbocycles. The van der Waals surface area contributed by atoms with Crippen molar-refractivity contribution >= 4 is 11.9 Å². The number of nitrogens with zero attached hydrogens (tertiary/aromatic N) is 2. The third kappa shape index (κ3) is 2.33. The van der Waals surface area contributed by atoms with E-state index in [9.17, 15) is 14.0 Å². The fourth-order valence-corrected chi connectivity index (χ4v) is 3.23. The molecule has 1 saturated heterocycles. The topological polar surface area (TPSA) is 73.2 Å². The van der Waals surface area contributed by atoms with Crippen LogP contribution in [0.2, 0.25) is 0 Å². The van der Waals surface area contributed by atoms with Gasteiger partial charge in [-0.25, -0.2) is 9.18 Å². The van der Waals surface area contributed by atoms with E-state index in [1.165, 1.54) is 12.1 Å². The van der Waals surface area contributed by atoms with Crippen molar-refractivity contribution in [3.8, 4) is 6.07 Å². The van der Waals surface area contributed by atoms with Gasteiger partial charge in [-0.1, -0.05) is 25.3 Å². The number of imide groups is 1. The minimum absolute atomic E-state index is 0.107. The molecule has 0 radical (unpaired) electrons. The van der Waals surface area contributed by atoms with Crippen molar-refractivity contribution in [3.63, 3.8) is 0 Å². The highest BCUT2D eigenvalue weighted by atomic mass is 19.1. The van der Waals surface area contributed by atoms with Crippen LogP contribution >= 0.6 is 0 Å². The average Bonchev–Trinajstić information content (AvgIpc) is 2.74. The number of halogens is 1. The molecule has 0 atom stereocenters. The van der Waals surface area contributed by atoms with E-state index in [1.807, 2.05) is 6.07 Å². The Morgan fingerprint density at radius 2 is 2.00 bits per heavy atom. The zero-order valence-electron chi connectivity index (χ0n) is 12.1. The second kappa shape index (κ2) is 5.41. The molecule has 2 aliphatic rings. The van der Waals surface area contributed by atoms with Gasteiger partial charge in [0.2, 0.25) is 0 Å². The van der Waals surface area contributed by atoms with Gasteiger partial charge in [-0.3, -0.25) is 9.69 Å². The molecular weight excluding hydrogens is 285 g/mol. The number of urea groups is 1. The van der Waals surface area contributed by atoms with Crippen LogP contribution in [0, 0.1) is 17.1 Å². The van der Waals surface area contributed by atoms with Crippen molar-refractivity contribution in [2.45, 2.75) is 44.2 Å². The number of nitrogens with one attached hydrogen (secondary N) is 1. The van der Waals surface area contributed by atoms with E-state index in [4.69, 9.17) is 5.26 Å². The third-order valence-electron chi connectivity index (χ3n) is 4.46. The van der Waals surface area contributed by atoms with Crippen molar-refractivity contribution in [2.24, 2.45) is 0 Å². The van der Waals surface area contributed by atoms with E-state index in [2.05, 4.69) is 5.32 Å². The van der Waals surface area contributed by atoms with Gasteiger partial charge in [-0.15, -0.1) is 0 Å². The van der Waals surface area contributed by atoms with Gasteiger partial charge in [0.25, 0.3) is 5.91 Å². The van der Waals surface area contributed by atoms with E-state index >= 15 is 0 Å². The molecule has 2 fully saturated rings. The average molecular weight is 301 g/mol. The number of rotatable bonds is 2. The first kappa shape index (κ1) is 14.5. The number of nitriles is 1. The Balaban J connectivity index is 1.82. The third-order valence-corrected chi connectivity index (χ3v) is 4.46. The van der Waals surface area contributed by atoms with Gasteiger partial charge in [0, 0.05) is 5.56 Å². The molecule has 3 amide bonds. The number of hydrogen-bond donors (Lipinski definition) is 1. The predicted octanol–water partition coefficient (Wildman–Crippen LogP) is 2.45. The molecule has 1 spiro atoms.